The number of nitrogens with zero attached hydrogens (tertiary/aromatic N) is 1. The van der Waals surface area contributed by atoms with E-state index in [9.17, 15) is 4.79 Å². The van der Waals surface area contributed by atoms with Crippen molar-refractivity contribution in [2.24, 2.45) is 4.99 Å². The maximum Gasteiger partial charge on any atom is 0.251 e. The van der Waals surface area contributed by atoms with Crippen LogP contribution in [0.1, 0.15) is 44.5 Å². The van der Waals surface area contributed by atoms with Crippen LogP contribution in [-0.2, 0) is 0 Å². The van der Waals surface area contributed by atoms with Crippen molar-refractivity contribution in [1.29, 1.82) is 0 Å². The van der Waals surface area contributed by atoms with Crippen LogP contribution < -0.4 is 10.6 Å². The summed E-state index contributed by atoms with van der Waals surface area (Å²) in [5.41, 5.74) is 5.53. The fourth-order valence-electron chi connectivity index (χ4n) is 2.92. The Hall–Kier alpha value is -3.37. The molecule has 0 radical (unpaired) electrons. The van der Waals surface area contributed by atoms with Gasteiger partial charge in [-0.05, 0) is 76.1 Å². The van der Waals surface area contributed by atoms with Crippen molar-refractivity contribution < 1.29 is 4.79 Å². The van der Waals surface area contributed by atoms with Crippen LogP contribution in [0.2, 0.25) is 0 Å². The first-order valence-corrected chi connectivity index (χ1v) is 11.2. The number of rotatable bonds is 8. The topological polar surface area (TPSA) is 53.5 Å². The molecule has 0 aromatic heterocycles. The minimum atomic E-state index is -0.104. The number of nitrogens with one attached hydrogen (secondary N) is 2. The van der Waals surface area contributed by atoms with Crippen molar-refractivity contribution in [2.45, 2.75) is 34.1 Å². The van der Waals surface area contributed by atoms with Gasteiger partial charge in [-0.25, -0.2) is 4.99 Å². The molecule has 0 heterocycles. The highest BCUT2D eigenvalue weighted by atomic mass is 35.5. The Kier molecular flexibility index (Phi) is 10.4. The normalized spacial score (nSPS) is 14.6. The average molecular weight is 462 g/mol. The number of aliphatic imine (C=N–C) groups is 1. The third-order valence-corrected chi connectivity index (χ3v) is 4.91. The molecule has 1 aliphatic rings. The number of benzene rings is 1. The predicted molar refractivity (Wildman–Crippen MR) is 143 cm³/mol. The van der Waals surface area contributed by atoms with Crippen molar-refractivity contribution in [1.82, 2.24) is 5.32 Å². The molecule has 1 aromatic rings. The monoisotopic (exact) mass is 461 g/mol. The zero-order valence-corrected chi connectivity index (χ0v) is 20.5. The third kappa shape index (κ3) is 9.34. The first-order chi connectivity index (χ1) is 15.8. The molecule has 2 rings (SSSR count). The molecule has 5 heteroatoms. The Morgan fingerprint density at radius 2 is 1.79 bits per heavy atom. The van der Waals surface area contributed by atoms with Crippen LogP contribution in [0.5, 0.6) is 0 Å². The van der Waals surface area contributed by atoms with Gasteiger partial charge < -0.3 is 10.6 Å². The van der Waals surface area contributed by atoms with Gasteiger partial charge in [0.15, 0.2) is 0 Å². The molecule has 1 aliphatic carbocycles. The van der Waals surface area contributed by atoms with E-state index in [1.165, 1.54) is 5.57 Å². The molecule has 4 nitrogen and oxygen atoms in total. The number of amides is 1. The summed E-state index contributed by atoms with van der Waals surface area (Å²) in [4.78, 5) is 17.1. The Labute approximate surface area is 202 Å². The molecule has 2 N–H and O–H groups in total. The second-order valence-electron chi connectivity index (χ2n) is 7.94. The van der Waals surface area contributed by atoms with Gasteiger partial charge in [-0.3, -0.25) is 4.79 Å². The molecule has 0 saturated carbocycles. The van der Waals surface area contributed by atoms with E-state index < -0.39 is 0 Å². The third-order valence-electron chi connectivity index (χ3n) is 4.63. The average Bonchev–Trinajstić information content (AvgIpc) is 3.00. The lowest BCUT2D eigenvalue weighted by Gasteiger charge is -2.10. The van der Waals surface area contributed by atoms with E-state index in [0.29, 0.717) is 17.1 Å². The molecular formula is C28H32ClN3O. The van der Waals surface area contributed by atoms with Crippen LogP contribution in [0.25, 0.3) is 0 Å². The van der Waals surface area contributed by atoms with Crippen LogP contribution in [0.15, 0.2) is 112 Å². The van der Waals surface area contributed by atoms with E-state index in [0.717, 1.165) is 34.8 Å². The number of amidine groups is 1. The SMILES string of the molecule is C=C/C=C(\N=C(C)Nc1ccc(C(=O)NC/C(C)=C/C=C(C)C)cc1)C1=CCC=C(Cl)C=C1. The van der Waals surface area contributed by atoms with E-state index in [1.807, 2.05) is 76.3 Å². The fraction of sp³-hybridized carbons (Fsp3) is 0.214. The van der Waals surface area contributed by atoms with Gasteiger partial charge in [0.25, 0.3) is 5.91 Å². The van der Waals surface area contributed by atoms with Gasteiger partial charge in [0.1, 0.15) is 5.84 Å². The molecule has 0 atom stereocenters. The number of carbonyl (C=O) groups is 1. The van der Waals surface area contributed by atoms with Crippen molar-refractivity contribution >= 4 is 29.0 Å². The van der Waals surface area contributed by atoms with Crippen LogP contribution in [0.3, 0.4) is 0 Å². The standard InChI is InChI=1S/C28H32ClN3O/c1-6-8-27(23-9-7-10-25(29)16-13-23)32-22(5)31-26-17-14-24(15-18-26)28(33)30-19-21(4)12-11-20(2)3/h6,8-18H,1,7,19H2,2-5H3,(H,30,33)(H,31,32)/b21-12+,27-8-. The zero-order valence-electron chi connectivity index (χ0n) is 19.8. The molecule has 0 spiro atoms. The van der Waals surface area contributed by atoms with Gasteiger partial charge in [-0.15, -0.1) is 0 Å². The zero-order chi connectivity index (χ0) is 24.2. The lowest BCUT2D eigenvalue weighted by Crippen LogP contribution is -2.25. The lowest BCUT2D eigenvalue weighted by molar-refractivity contribution is 0.0957. The Morgan fingerprint density at radius 1 is 1.06 bits per heavy atom. The van der Waals surface area contributed by atoms with Crippen LogP contribution >= 0.6 is 11.6 Å². The molecule has 0 unspecified atom stereocenters. The van der Waals surface area contributed by atoms with Gasteiger partial charge in [0.05, 0.1) is 5.70 Å². The van der Waals surface area contributed by atoms with Crippen molar-refractivity contribution in [3.63, 3.8) is 0 Å². The molecular weight excluding hydrogens is 430 g/mol. The Bertz CT molecular complexity index is 1080. The number of allylic oxidation sites excluding steroid dienone is 10. The number of halogens is 1. The highest BCUT2D eigenvalue weighted by Crippen LogP contribution is 2.21. The van der Waals surface area contributed by atoms with Gasteiger partial charge in [-0.2, -0.15) is 0 Å². The van der Waals surface area contributed by atoms with E-state index in [2.05, 4.69) is 23.3 Å². The number of carbonyl (C=O) groups excluding carboxylic acids is 1. The number of anilines is 1. The van der Waals surface area contributed by atoms with Gasteiger partial charge in [0, 0.05) is 22.8 Å². The molecule has 0 saturated heterocycles. The van der Waals surface area contributed by atoms with Crippen LogP contribution in [-0.4, -0.2) is 18.3 Å². The van der Waals surface area contributed by atoms with E-state index >= 15 is 0 Å². The van der Waals surface area contributed by atoms with Gasteiger partial charge in [-0.1, -0.05) is 65.8 Å². The van der Waals surface area contributed by atoms with Crippen LogP contribution in [0, 0.1) is 0 Å². The molecule has 0 fully saturated rings. The summed E-state index contributed by atoms with van der Waals surface area (Å²) in [7, 11) is 0. The van der Waals surface area contributed by atoms with Crippen molar-refractivity contribution in [3.05, 3.63) is 112 Å². The fourth-order valence-corrected chi connectivity index (χ4v) is 3.07. The molecule has 172 valence electrons. The van der Waals surface area contributed by atoms with Gasteiger partial charge in [0.2, 0.25) is 0 Å². The molecule has 0 aliphatic heterocycles. The maximum absolute atomic E-state index is 12.4. The van der Waals surface area contributed by atoms with E-state index in [4.69, 9.17) is 16.6 Å². The summed E-state index contributed by atoms with van der Waals surface area (Å²) in [5, 5.41) is 6.93. The largest absolute Gasteiger partial charge is 0.348 e. The Balaban J connectivity index is 2.03. The minimum Gasteiger partial charge on any atom is -0.348 e. The van der Waals surface area contributed by atoms with Crippen LogP contribution in [0.4, 0.5) is 5.69 Å². The smallest absolute Gasteiger partial charge is 0.251 e. The first kappa shape index (κ1) is 25.9. The summed E-state index contributed by atoms with van der Waals surface area (Å²) in [5.74, 6) is 0.616. The highest BCUT2D eigenvalue weighted by molar-refractivity contribution is 6.31. The molecule has 1 aromatic carbocycles. The molecule has 1 amide bonds. The Morgan fingerprint density at radius 3 is 2.45 bits per heavy atom. The summed E-state index contributed by atoms with van der Waals surface area (Å²) < 4.78 is 0. The summed E-state index contributed by atoms with van der Waals surface area (Å²) in [6, 6.07) is 7.33. The summed E-state index contributed by atoms with van der Waals surface area (Å²) >= 11 is 6.10. The van der Waals surface area contributed by atoms with Crippen molar-refractivity contribution in [3.8, 4) is 0 Å². The number of hydrogen-bond donors (Lipinski definition) is 2. The van der Waals surface area contributed by atoms with E-state index in [1.54, 1.807) is 18.2 Å². The number of hydrogen-bond acceptors (Lipinski definition) is 2. The highest BCUT2D eigenvalue weighted by Gasteiger charge is 2.07. The first-order valence-electron chi connectivity index (χ1n) is 10.9. The minimum absolute atomic E-state index is 0.104. The predicted octanol–water partition coefficient (Wildman–Crippen LogP) is 7.24. The second-order valence-corrected chi connectivity index (χ2v) is 8.38. The second kappa shape index (κ2) is 13.2. The quantitative estimate of drug-likeness (QED) is 0.243. The van der Waals surface area contributed by atoms with E-state index in [-0.39, 0.29) is 5.91 Å². The van der Waals surface area contributed by atoms with Gasteiger partial charge >= 0.3 is 0 Å². The molecule has 33 heavy (non-hydrogen) atoms. The lowest BCUT2D eigenvalue weighted by atomic mass is 10.1. The maximum atomic E-state index is 12.4. The van der Waals surface area contributed by atoms with Crippen molar-refractivity contribution in [2.75, 3.05) is 11.9 Å². The molecule has 0 bridgehead atoms. The summed E-state index contributed by atoms with van der Waals surface area (Å²) in [6.45, 7) is 12.3. The summed E-state index contributed by atoms with van der Waals surface area (Å²) in [6.07, 6.45) is 16.2.